The second-order valence-electron chi connectivity index (χ2n) is 28.3. The molecule has 3 saturated heterocycles. The van der Waals surface area contributed by atoms with Gasteiger partial charge in [-0.05, 0) is 161 Å². The number of pyridine rings is 6. The van der Waals surface area contributed by atoms with Crippen LogP contribution in [0.5, 0.6) is 46.0 Å². The molecule has 0 bridgehead atoms. The smallest absolute Gasteiger partial charge is 0.341 e. The summed E-state index contributed by atoms with van der Waals surface area (Å²) in [7, 11) is 0. The van der Waals surface area contributed by atoms with Gasteiger partial charge in [0.15, 0.2) is 75.0 Å². The van der Waals surface area contributed by atoms with Gasteiger partial charge in [0.1, 0.15) is 39.3 Å². The van der Waals surface area contributed by atoms with E-state index in [1.54, 1.807) is 91.5 Å². The Kier molecular flexibility index (Phi) is 26.8. The maximum Gasteiger partial charge on any atom is 0.341 e. The SMILES string of the molecule is Nc1ccc(Oc2cc(N3CCOCC3)cn3nccc23)c(F)c1.O=C(Cc1ccc(Oc2cc(N3CCOCC3)cn3nccc23)c(F)c1)c1cccn(-c2ccc(F)cc2)c1=O.O=C(O)c1cccn(-c2ccc(F)cc2)c1=O.O=[N+]([O-])c1ccc(Oc2cc(Br)cn3nccc23)c(F)c1.O=[N+]([O-])c1ccc(Oc2cc(N3CCOCC3)cn3nccc23)c(F)c1. The number of non-ortho nitro benzene ring substituents is 2. The van der Waals surface area contributed by atoms with Crippen LogP contribution in [0.15, 0.2) is 270 Å². The summed E-state index contributed by atoms with van der Waals surface area (Å²) in [4.78, 5) is 75.1. The number of aromatic nitrogens is 10. The lowest BCUT2D eigenvalue weighted by molar-refractivity contribution is -0.385. The average Bonchev–Trinajstić information content (AvgIpc) is 1.62. The van der Waals surface area contributed by atoms with Crippen molar-refractivity contribution in [3.63, 3.8) is 0 Å². The molecule has 0 radical (unpaired) electrons. The molecule has 3 N–H and O–H groups in total. The van der Waals surface area contributed by atoms with Gasteiger partial charge in [0.25, 0.3) is 22.5 Å². The number of carboxylic acid groups (broad SMARTS) is 1. The Bertz CT molecular complexity index is 6920. The van der Waals surface area contributed by atoms with Gasteiger partial charge >= 0.3 is 5.97 Å². The molecule has 0 aliphatic carbocycles. The Balaban J connectivity index is 0.000000127. The third kappa shape index (κ3) is 20.7. The number of carbonyl (C=O) groups excluding carboxylic acids is 1. The van der Waals surface area contributed by atoms with E-state index in [4.69, 9.17) is 44.0 Å². The van der Waals surface area contributed by atoms with E-state index in [0.29, 0.717) is 106 Å². The maximum absolute atomic E-state index is 15.2. The summed E-state index contributed by atoms with van der Waals surface area (Å²) < 4.78 is 132. The Morgan fingerprint density at radius 2 is 0.758 bits per heavy atom. The lowest BCUT2D eigenvalue weighted by Crippen LogP contribution is -2.36. The number of nitro benzene ring substituents is 2. The van der Waals surface area contributed by atoms with Crippen molar-refractivity contribution in [1.29, 1.82) is 0 Å². The topological polar surface area (TPSA) is 354 Å². The molecule has 0 saturated carbocycles. The number of carboxylic acids is 1. The van der Waals surface area contributed by atoms with Crippen LogP contribution in [0.3, 0.4) is 0 Å². The van der Waals surface area contributed by atoms with Crippen molar-refractivity contribution in [2.75, 3.05) is 99.3 Å². The molecule has 128 heavy (non-hydrogen) atoms. The number of Topliss-reactive ketones (excluding diaryl/α,β-unsaturated/α-hetero) is 1. The van der Waals surface area contributed by atoms with Crippen LogP contribution in [0.2, 0.25) is 0 Å². The van der Waals surface area contributed by atoms with Crippen molar-refractivity contribution >= 4 is 83.9 Å². The number of aromatic carboxylic acids is 1. The number of halogens is 7. The average molecular weight is 1810 g/mol. The van der Waals surface area contributed by atoms with E-state index in [0.717, 1.165) is 78.5 Å². The second-order valence-corrected chi connectivity index (χ2v) is 29.2. The normalized spacial score (nSPS) is 13.1. The highest BCUT2D eigenvalue weighted by Crippen LogP contribution is 2.38. The van der Waals surface area contributed by atoms with E-state index in [9.17, 15) is 61.4 Å². The molecule has 3 aliphatic rings. The number of nitro groups is 2. The Morgan fingerprint density at radius 1 is 0.414 bits per heavy atom. The Hall–Kier alpha value is -15.7. The summed E-state index contributed by atoms with van der Waals surface area (Å²) in [5, 5.41) is 47.0. The fourth-order valence-corrected chi connectivity index (χ4v) is 14.1. The van der Waals surface area contributed by atoms with Gasteiger partial charge in [-0.2, -0.15) is 20.4 Å². The number of nitrogens with two attached hydrogens (primary N) is 1. The van der Waals surface area contributed by atoms with E-state index < -0.39 is 67.6 Å². The van der Waals surface area contributed by atoms with Crippen LogP contribution >= 0.6 is 15.9 Å². The van der Waals surface area contributed by atoms with Crippen molar-refractivity contribution < 1.29 is 84.0 Å². The summed E-state index contributed by atoms with van der Waals surface area (Å²) in [5.41, 5.74) is 10.5. The van der Waals surface area contributed by atoms with Crippen LogP contribution in [0.25, 0.3) is 33.4 Å². The van der Waals surface area contributed by atoms with Crippen LogP contribution in [0.4, 0.5) is 60.5 Å². The number of hydrogen-bond acceptors (Lipinski definition) is 23. The summed E-state index contributed by atoms with van der Waals surface area (Å²) >= 11 is 3.31. The van der Waals surface area contributed by atoms with Crippen LogP contribution in [-0.2, 0) is 20.6 Å². The molecule has 0 amide bonds. The van der Waals surface area contributed by atoms with E-state index >= 15 is 4.39 Å². The minimum absolute atomic E-state index is 0.00296. The second kappa shape index (κ2) is 39.4. The van der Waals surface area contributed by atoms with Gasteiger partial charge in [0.05, 0.1) is 128 Å². The van der Waals surface area contributed by atoms with Crippen LogP contribution in [0.1, 0.15) is 26.3 Å². The van der Waals surface area contributed by atoms with Gasteiger partial charge in [0, 0.05) is 122 Å². The summed E-state index contributed by atoms with van der Waals surface area (Å²) in [6.45, 7) is 8.35. The van der Waals surface area contributed by atoms with Gasteiger partial charge in [-0.1, -0.05) is 6.07 Å². The first-order valence-corrected chi connectivity index (χ1v) is 39.9. The fraction of sp³-hybridized carbons (Fsp3) is 0.146. The lowest BCUT2D eigenvalue weighted by atomic mass is 10.0. The molecule has 39 heteroatoms. The number of fused-ring (bicyclic) bond motifs is 4. The number of anilines is 4. The molecular weight excluding hydrogens is 1740 g/mol. The van der Waals surface area contributed by atoms with Gasteiger partial charge in [-0.15, -0.1) is 0 Å². The first kappa shape index (κ1) is 87.2. The van der Waals surface area contributed by atoms with E-state index in [1.807, 2.05) is 42.9 Å². The zero-order chi connectivity index (χ0) is 89.6. The largest absolute Gasteiger partial charge is 0.477 e. The fourth-order valence-electron chi connectivity index (χ4n) is 13.7. The number of rotatable bonds is 19. The molecule has 13 heterocycles. The molecule has 3 aliphatic heterocycles. The third-order valence-electron chi connectivity index (χ3n) is 20.0. The van der Waals surface area contributed by atoms with E-state index in [-0.39, 0.29) is 51.9 Å². The van der Waals surface area contributed by atoms with Gasteiger partial charge in [-0.25, -0.2) is 49.2 Å². The molecule has 0 unspecified atom stereocenters. The van der Waals surface area contributed by atoms with Gasteiger partial charge in [0.2, 0.25) is 0 Å². The quantitative estimate of drug-likeness (QED) is 0.0250. The predicted octanol–water partition coefficient (Wildman–Crippen LogP) is 16.1. The zero-order valence-corrected chi connectivity index (χ0v) is 68.5. The van der Waals surface area contributed by atoms with Crippen molar-refractivity contribution in [3.8, 4) is 57.4 Å². The monoisotopic (exact) mass is 1810 g/mol. The van der Waals surface area contributed by atoms with Crippen LogP contribution in [-0.4, -0.2) is 153 Å². The summed E-state index contributed by atoms with van der Waals surface area (Å²) in [6, 6.07) is 45.8. The minimum Gasteiger partial charge on any atom is -0.477 e. The lowest BCUT2D eigenvalue weighted by Gasteiger charge is -2.29. The molecule has 32 nitrogen and oxygen atoms in total. The molecule has 10 aromatic heterocycles. The molecule has 6 aromatic carbocycles. The number of nitrogens with zero attached hydrogens (tertiary/aromatic N) is 15. The van der Waals surface area contributed by atoms with E-state index in [2.05, 4.69) is 51.0 Å². The molecule has 0 atom stereocenters. The highest BCUT2D eigenvalue weighted by atomic mass is 79.9. The van der Waals surface area contributed by atoms with Crippen molar-refractivity contribution in [3.05, 3.63) is 353 Å². The van der Waals surface area contributed by atoms with E-state index in [1.165, 1.54) is 132 Å². The molecular formula is C89H71BrF6N16O16. The number of nitrogen functional groups attached to an aromatic ring is 1. The molecule has 19 rings (SSSR count). The van der Waals surface area contributed by atoms with Gasteiger partial charge in [-0.3, -0.25) is 43.7 Å². The van der Waals surface area contributed by atoms with Crippen molar-refractivity contribution in [2.24, 2.45) is 0 Å². The number of carbonyl (C=O) groups is 2. The molecule has 652 valence electrons. The Labute approximate surface area is 728 Å². The summed E-state index contributed by atoms with van der Waals surface area (Å²) in [5.74, 6) is -3.61. The summed E-state index contributed by atoms with van der Waals surface area (Å²) in [6.07, 6.45) is 16.7. The number of ketones is 1. The predicted molar refractivity (Wildman–Crippen MR) is 460 cm³/mol. The molecule has 0 spiro atoms. The number of ether oxygens (including phenoxy) is 7. The van der Waals surface area contributed by atoms with Crippen LogP contribution in [0, 0.1) is 55.1 Å². The van der Waals surface area contributed by atoms with Crippen molar-refractivity contribution in [1.82, 2.24) is 47.6 Å². The number of morpholine rings is 3. The number of benzene rings is 6. The Morgan fingerprint density at radius 3 is 1.12 bits per heavy atom. The highest BCUT2D eigenvalue weighted by molar-refractivity contribution is 9.10. The molecule has 3 fully saturated rings. The third-order valence-corrected chi connectivity index (χ3v) is 20.5. The molecule has 16 aromatic rings. The number of hydrogen-bond donors (Lipinski definition) is 2. The highest BCUT2D eigenvalue weighted by Gasteiger charge is 2.24. The standard InChI is InChI=1S/C30H24F2N4O4.C17H15FN4O4.C17H17FN4O2.C13H7BrFN3O3.C12H8FNO3/c31-21-4-6-22(7-5-21)35-11-1-2-24(30(35)38)27(37)17-20-3-8-28(25(32)16-20)40-29-18-23(34-12-14-39-15-13-34)19-36-26(29)9-10-33-36;18-14-9-12(22(23)24)1-2-16(14)26-17-10-13(20-5-7-25-8-6-20)11-21-15(17)3-4-19-21;18-14-9-12(19)1-2-16(14)24-17-10-13(21-5-7-23-8-6-21)11-22-15(17)3-4-20-22;14-8-5-13(11-3-4-16-17(11)7-8)21-12-2-1-9(18(19)20)6-10(12)15;13-8-3-5-9(6-4-8)14-7-1-2-10(11(14)15)12(16)17/h1-11,16,18-19H,12-15,17H2;1-4,9-11H,5-8H2;1-4,9-11H,5-8,19H2;1-7H;1-7H,(H,16,17). The minimum atomic E-state index is -1.29. The van der Waals surface area contributed by atoms with Crippen molar-refractivity contribution in [2.45, 2.75) is 6.42 Å². The zero-order valence-electron chi connectivity index (χ0n) is 66.9. The first-order valence-electron chi connectivity index (χ1n) is 39.1. The maximum atomic E-state index is 15.2. The first-order chi connectivity index (χ1) is 61.9. The van der Waals surface area contributed by atoms with Crippen LogP contribution < -0.4 is 50.5 Å². The van der Waals surface area contributed by atoms with Gasteiger partial charge < -0.3 is 58.7 Å².